The van der Waals surface area contributed by atoms with Gasteiger partial charge in [-0.05, 0) is 38.4 Å². The molecular weight excluding hydrogens is 377 g/mol. The van der Waals surface area contributed by atoms with E-state index in [1.54, 1.807) is 4.90 Å². The lowest BCUT2D eigenvalue weighted by molar-refractivity contribution is 0.0985. The summed E-state index contributed by atoms with van der Waals surface area (Å²) < 4.78 is 0.980. The van der Waals surface area contributed by atoms with Crippen LogP contribution in [0, 0.1) is 0 Å². The van der Waals surface area contributed by atoms with E-state index >= 15 is 0 Å². The van der Waals surface area contributed by atoms with Crippen molar-refractivity contribution in [2.45, 2.75) is 0 Å². The number of carbonyl (C=O) groups is 1. The molecule has 7 heteroatoms. The van der Waals surface area contributed by atoms with E-state index in [0.717, 1.165) is 16.8 Å². The molecule has 1 aromatic heterocycles. The van der Waals surface area contributed by atoms with Crippen LogP contribution in [0.3, 0.4) is 0 Å². The highest BCUT2D eigenvalue weighted by Gasteiger charge is 2.21. The van der Waals surface area contributed by atoms with E-state index in [1.165, 1.54) is 11.3 Å². The van der Waals surface area contributed by atoms with E-state index in [4.69, 9.17) is 11.6 Å². The van der Waals surface area contributed by atoms with E-state index in [2.05, 4.69) is 4.98 Å². The van der Waals surface area contributed by atoms with Crippen molar-refractivity contribution >= 4 is 56.6 Å². The summed E-state index contributed by atoms with van der Waals surface area (Å²) in [6, 6.07) is 15.0. The number of fused-ring (bicyclic) bond motifs is 1. The Labute approximate surface area is 162 Å². The minimum absolute atomic E-state index is 0. The Morgan fingerprint density at radius 2 is 1.80 bits per heavy atom. The van der Waals surface area contributed by atoms with Crippen LogP contribution in [0.5, 0.6) is 0 Å². The molecule has 0 atom stereocenters. The molecule has 3 aromatic rings. The average molecular weight is 396 g/mol. The number of likely N-dealkylation sites (N-methyl/N-ethyl adjacent to an activating group) is 1. The summed E-state index contributed by atoms with van der Waals surface area (Å²) in [6.45, 7) is 1.32. The molecule has 0 spiro atoms. The van der Waals surface area contributed by atoms with E-state index in [9.17, 15) is 4.79 Å². The molecule has 0 radical (unpaired) electrons. The highest BCUT2D eigenvalue weighted by atomic mass is 35.5. The van der Waals surface area contributed by atoms with Crippen LogP contribution in [-0.4, -0.2) is 43.0 Å². The summed E-state index contributed by atoms with van der Waals surface area (Å²) in [4.78, 5) is 21.4. The molecule has 0 N–H and O–H groups in total. The number of thiazole rings is 1. The first-order valence-corrected chi connectivity index (χ1v) is 8.82. The standard InChI is InChI=1S/C18H18ClN3OS.ClH/c1-21(2)11-12-22(17(23)13-7-4-3-5-8-13)18-20-16-14(19)9-6-10-15(16)24-18;/h3-10H,11-12H2,1-2H3;1H. The van der Waals surface area contributed by atoms with Crippen LogP contribution >= 0.6 is 35.3 Å². The fraction of sp³-hybridized carbons (Fsp3) is 0.222. The van der Waals surface area contributed by atoms with Gasteiger partial charge in [0.15, 0.2) is 5.13 Å². The highest BCUT2D eigenvalue weighted by molar-refractivity contribution is 7.22. The predicted molar refractivity (Wildman–Crippen MR) is 109 cm³/mol. The summed E-state index contributed by atoms with van der Waals surface area (Å²) in [6.07, 6.45) is 0. The van der Waals surface area contributed by atoms with Crippen molar-refractivity contribution in [3.8, 4) is 0 Å². The van der Waals surface area contributed by atoms with Gasteiger partial charge in [-0.25, -0.2) is 4.98 Å². The number of hydrogen-bond donors (Lipinski definition) is 0. The second-order valence-corrected chi connectivity index (χ2v) is 7.13. The molecule has 0 saturated carbocycles. The van der Waals surface area contributed by atoms with Crippen molar-refractivity contribution in [1.29, 1.82) is 0 Å². The van der Waals surface area contributed by atoms with Crippen LogP contribution in [0.25, 0.3) is 10.2 Å². The lowest BCUT2D eigenvalue weighted by Crippen LogP contribution is -2.36. The Balaban J connectivity index is 0.00000225. The number of rotatable bonds is 5. The van der Waals surface area contributed by atoms with Crippen LogP contribution in [-0.2, 0) is 0 Å². The SMILES string of the molecule is CN(C)CCN(C(=O)c1ccccc1)c1nc2c(Cl)cccc2s1.Cl. The first kappa shape index (κ1) is 19.7. The molecule has 0 aliphatic heterocycles. The lowest BCUT2D eigenvalue weighted by Gasteiger charge is -2.22. The number of para-hydroxylation sites is 1. The Bertz CT molecular complexity index is 852. The fourth-order valence-corrected chi connectivity index (χ4v) is 3.63. The lowest BCUT2D eigenvalue weighted by atomic mass is 10.2. The first-order chi connectivity index (χ1) is 11.6. The number of benzene rings is 2. The molecule has 0 bridgehead atoms. The van der Waals surface area contributed by atoms with E-state index < -0.39 is 0 Å². The third-order valence-corrected chi connectivity index (χ3v) is 4.97. The van der Waals surface area contributed by atoms with Gasteiger partial charge < -0.3 is 4.90 Å². The van der Waals surface area contributed by atoms with Crippen molar-refractivity contribution in [1.82, 2.24) is 9.88 Å². The molecule has 25 heavy (non-hydrogen) atoms. The van der Waals surface area contributed by atoms with Crippen LogP contribution in [0.1, 0.15) is 10.4 Å². The maximum absolute atomic E-state index is 13.0. The third-order valence-electron chi connectivity index (χ3n) is 3.63. The molecule has 0 unspecified atom stereocenters. The van der Waals surface area contributed by atoms with Crippen LogP contribution in [0.15, 0.2) is 48.5 Å². The predicted octanol–water partition coefficient (Wildman–Crippen LogP) is 4.58. The van der Waals surface area contributed by atoms with Gasteiger partial charge in [0.2, 0.25) is 0 Å². The number of hydrogen-bond acceptors (Lipinski definition) is 4. The van der Waals surface area contributed by atoms with Crippen LogP contribution in [0.4, 0.5) is 5.13 Å². The van der Waals surface area contributed by atoms with Crippen LogP contribution < -0.4 is 4.90 Å². The topological polar surface area (TPSA) is 36.4 Å². The van der Waals surface area contributed by atoms with Gasteiger partial charge in [0, 0.05) is 18.7 Å². The highest BCUT2D eigenvalue weighted by Crippen LogP contribution is 2.33. The second kappa shape index (κ2) is 8.63. The number of anilines is 1. The Kier molecular flexibility index (Phi) is 6.79. The zero-order valence-corrected chi connectivity index (χ0v) is 16.4. The minimum Gasteiger partial charge on any atom is -0.308 e. The number of amides is 1. The maximum atomic E-state index is 13.0. The number of nitrogens with zero attached hydrogens (tertiary/aromatic N) is 3. The number of halogens is 2. The van der Waals surface area contributed by atoms with Gasteiger partial charge in [-0.2, -0.15) is 0 Å². The molecule has 0 saturated heterocycles. The molecule has 1 amide bonds. The van der Waals surface area contributed by atoms with Gasteiger partial charge in [-0.15, -0.1) is 12.4 Å². The molecule has 3 rings (SSSR count). The van der Waals surface area contributed by atoms with Gasteiger partial charge in [0.05, 0.1) is 9.72 Å². The van der Waals surface area contributed by atoms with Gasteiger partial charge in [0.1, 0.15) is 5.52 Å². The van der Waals surface area contributed by atoms with Gasteiger partial charge in [-0.1, -0.05) is 47.2 Å². The number of carbonyl (C=O) groups excluding carboxylic acids is 1. The quantitative estimate of drug-likeness (QED) is 0.634. The van der Waals surface area contributed by atoms with Gasteiger partial charge >= 0.3 is 0 Å². The summed E-state index contributed by atoms with van der Waals surface area (Å²) in [5.74, 6) is -0.0485. The average Bonchev–Trinajstić information content (AvgIpc) is 3.01. The van der Waals surface area contributed by atoms with Crippen molar-refractivity contribution < 1.29 is 4.79 Å². The van der Waals surface area contributed by atoms with Gasteiger partial charge in [-0.3, -0.25) is 9.69 Å². The van der Waals surface area contributed by atoms with Crippen molar-refractivity contribution in [2.24, 2.45) is 0 Å². The first-order valence-electron chi connectivity index (χ1n) is 7.63. The third kappa shape index (κ3) is 4.50. The van der Waals surface area contributed by atoms with Crippen molar-refractivity contribution in [2.75, 3.05) is 32.1 Å². The molecular formula is C18H19Cl2N3OS. The van der Waals surface area contributed by atoms with E-state index in [0.29, 0.717) is 22.3 Å². The zero-order valence-electron chi connectivity index (χ0n) is 14.0. The van der Waals surface area contributed by atoms with E-state index in [1.807, 2.05) is 67.5 Å². The normalized spacial score (nSPS) is 10.7. The molecule has 0 aliphatic rings. The molecule has 0 fully saturated rings. The summed E-state index contributed by atoms with van der Waals surface area (Å²) in [5.41, 5.74) is 1.40. The second-order valence-electron chi connectivity index (χ2n) is 5.71. The van der Waals surface area contributed by atoms with Gasteiger partial charge in [0.25, 0.3) is 5.91 Å². The maximum Gasteiger partial charge on any atom is 0.260 e. The summed E-state index contributed by atoms with van der Waals surface area (Å²) in [5, 5.41) is 1.28. The Morgan fingerprint density at radius 3 is 2.44 bits per heavy atom. The molecule has 132 valence electrons. The summed E-state index contributed by atoms with van der Waals surface area (Å²) in [7, 11) is 3.97. The summed E-state index contributed by atoms with van der Waals surface area (Å²) >= 11 is 7.72. The minimum atomic E-state index is -0.0485. The van der Waals surface area contributed by atoms with Crippen molar-refractivity contribution in [3.63, 3.8) is 0 Å². The Morgan fingerprint density at radius 1 is 1.08 bits per heavy atom. The van der Waals surface area contributed by atoms with E-state index in [-0.39, 0.29) is 18.3 Å². The molecule has 2 aromatic carbocycles. The van der Waals surface area contributed by atoms with Crippen molar-refractivity contribution in [3.05, 3.63) is 59.1 Å². The fourth-order valence-electron chi connectivity index (χ4n) is 2.34. The smallest absolute Gasteiger partial charge is 0.260 e. The molecule has 0 aliphatic carbocycles. The van der Waals surface area contributed by atoms with Crippen LogP contribution in [0.2, 0.25) is 5.02 Å². The zero-order chi connectivity index (χ0) is 17.1. The molecule has 4 nitrogen and oxygen atoms in total. The molecule has 1 heterocycles. The largest absolute Gasteiger partial charge is 0.308 e. The monoisotopic (exact) mass is 395 g/mol. The number of aromatic nitrogens is 1. The Hall–Kier alpha value is -1.66.